The second kappa shape index (κ2) is 7.15. The number of rotatable bonds is 3. The molecule has 6 heteroatoms. The third-order valence-electron chi connectivity index (χ3n) is 3.48. The number of nitrogens with zero attached hydrogens (tertiary/aromatic N) is 3. The predicted octanol–water partition coefficient (Wildman–Crippen LogP) is 3.93. The van der Waals surface area contributed by atoms with Crippen LogP contribution in [0.3, 0.4) is 0 Å². The first-order chi connectivity index (χ1) is 11.3. The van der Waals surface area contributed by atoms with Crippen LogP contribution in [0, 0.1) is 0 Å². The molecule has 0 bridgehead atoms. The normalized spacial score (nSPS) is 14.8. The molecule has 0 unspecified atom stereocenters. The van der Waals surface area contributed by atoms with Gasteiger partial charge in [0.2, 0.25) is 5.88 Å². The zero-order chi connectivity index (χ0) is 16.1. The summed E-state index contributed by atoms with van der Waals surface area (Å²) < 4.78 is 5.65. The molecule has 0 amide bonds. The van der Waals surface area contributed by atoms with E-state index in [4.69, 9.17) is 16.3 Å². The summed E-state index contributed by atoms with van der Waals surface area (Å²) in [7, 11) is 0. The molecule has 1 aliphatic rings. The van der Waals surface area contributed by atoms with Crippen molar-refractivity contribution in [3.8, 4) is 11.6 Å². The fraction of sp³-hybridized carbons (Fsp3) is 0.176. The van der Waals surface area contributed by atoms with Crippen LogP contribution in [0.25, 0.3) is 0 Å². The lowest BCUT2D eigenvalue weighted by Gasteiger charge is -2.25. The van der Waals surface area contributed by atoms with Crippen molar-refractivity contribution in [1.82, 2.24) is 9.88 Å². The molecule has 1 aliphatic heterocycles. The first-order valence-corrected chi connectivity index (χ1v) is 7.66. The molecule has 0 radical (unpaired) electrons. The maximum absolute atomic E-state index is 9.31. The number of aromatic nitrogens is 1. The molecule has 5 nitrogen and oxygen atoms in total. The van der Waals surface area contributed by atoms with Crippen molar-refractivity contribution >= 4 is 17.4 Å². The fourth-order valence-corrected chi connectivity index (χ4v) is 2.46. The number of amidine groups is 1. The number of hydrogen-bond acceptors (Lipinski definition) is 4. The Hall–Kier alpha value is -2.53. The minimum Gasteiger partial charge on any atom is -0.439 e. The second-order valence-electron chi connectivity index (χ2n) is 5.07. The monoisotopic (exact) mass is 329 g/mol. The van der Waals surface area contributed by atoms with Crippen molar-refractivity contribution in [2.45, 2.75) is 6.42 Å². The minimum atomic E-state index is 0.465. The topological polar surface area (TPSA) is 58.0 Å². The SMILES string of the molecule is O/N=C(/c1ccc(Oc2ccc(Cl)cc2)nc1)N1CC=CCC1. The van der Waals surface area contributed by atoms with Crippen molar-refractivity contribution in [3.05, 3.63) is 65.3 Å². The zero-order valence-corrected chi connectivity index (χ0v) is 13.1. The molecule has 3 rings (SSSR count). The van der Waals surface area contributed by atoms with Gasteiger partial charge in [0.1, 0.15) is 5.75 Å². The molecule has 1 aromatic heterocycles. The van der Waals surface area contributed by atoms with Gasteiger partial charge >= 0.3 is 0 Å². The Bertz CT molecular complexity index is 712. The highest BCUT2D eigenvalue weighted by molar-refractivity contribution is 6.30. The molecular formula is C17H16ClN3O2. The summed E-state index contributed by atoms with van der Waals surface area (Å²) in [6.45, 7) is 1.54. The fourth-order valence-electron chi connectivity index (χ4n) is 2.33. The highest BCUT2D eigenvalue weighted by Crippen LogP contribution is 2.22. The molecule has 0 fully saturated rings. The van der Waals surface area contributed by atoms with E-state index in [9.17, 15) is 5.21 Å². The van der Waals surface area contributed by atoms with E-state index in [-0.39, 0.29) is 0 Å². The van der Waals surface area contributed by atoms with E-state index in [1.165, 1.54) is 0 Å². The van der Waals surface area contributed by atoms with Crippen LogP contribution >= 0.6 is 11.6 Å². The molecule has 0 saturated heterocycles. The van der Waals surface area contributed by atoms with Gasteiger partial charge < -0.3 is 14.8 Å². The van der Waals surface area contributed by atoms with Crippen LogP contribution in [0.2, 0.25) is 5.02 Å². The highest BCUT2D eigenvalue weighted by Gasteiger charge is 2.15. The average Bonchev–Trinajstić information content (AvgIpc) is 2.60. The summed E-state index contributed by atoms with van der Waals surface area (Å²) in [6.07, 6.45) is 6.75. The van der Waals surface area contributed by atoms with E-state index in [1.54, 1.807) is 36.5 Å². The number of oxime groups is 1. The van der Waals surface area contributed by atoms with E-state index < -0.39 is 0 Å². The maximum atomic E-state index is 9.31. The van der Waals surface area contributed by atoms with E-state index in [0.717, 1.165) is 25.1 Å². The molecule has 0 atom stereocenters. The first kappa shape index (κ1) is 15.4. The molecule has 2 heterocycles. The van der Waals surface area contributed by atoms with Crippen LogP contribution in [-0.2, 0) is 0 Å². The summed E-state index contributed by atoms with van der Waals surface area (Å²) in [4.78, 5) is 6.27. The Kier molecular flexibility index (Phi) is 4.78. The van der Waals surface area contributed by atoms with Crippen molar-refractivity contribution in [2.24, 2.45) is 5.16 Å². The van der Waals surface area contributed by atoms with Crippen molar-refractivity contribution in [3.63, 3.8) is 0 Å². The molecule has 23 heavy (non-hydrogen) atoms. The summed E-state index contributed by atoms with van der Waals surface area (Å²) in [5.41, 5.74) is 0.742. The molecule has 1 aromatic carbocycles. The Morgan fingerprint density at radius 2 is 2.00 bits per heavy atom. The number of ether oxygens (including phenoxy) is 1. The van der Waals surface area contributed by atoms with Crippen LogP contribution < -0.4 is 4.74 Å². The first-order valence-electron chi connectivity index (χ1n) is 7.28. The molecule has 1 N–H and O–H groups in total. The van der Waals surface area contributed by atoms with Gasteiger partial charge in [-0.25, -0.2) is 4.98 Å². The van der Waals surface area contributed by atoms with Crippen LogP contribution in [0.1, 0.15) is 12.0 Å². The van der Waals surface area contributed by atoms with Gasteiger partial charge in [0, 0.05) is 35.9 Å². The Morgan fingerprint density at radius 1 is 1.17 bits per heavy atom. The second-order valence-corrected chi connectivity index (χ2v) is 5.51. The quantitative estimate of drug-likeness (QED) is 0.305. The van der Waals surface area contributed by atoms with Crippen LogP contribution in [0.4, 0.5) is 0 Å². The summed E-state index contributed by atoms with van der Waals surface area (Å²) in [5, 5.41) is 13.4. The number of hydrogen-bond donors (Lipinski definition) is 1. The smallest absolute Gasteiger partial charge is 0.219 e. The van der Waals surface area contributed by atoms with E-state index in [0.29, 0.717) is 22.5 Å². The van der Waals surface area contributed by atoms with Gasteiger partial charge in [0.05, 0.1) is 0 Å². The van der Waals surface area contributed by atoms with Gasteiger partial charge in [-0.1, -0.05) is 28.9 Å². The van der Waals surface area contributed by atoms with Gasteiger partial charge in [0.15, 0.2) is 5.84 Å². The Morgan fingerprint density at radius 3 is 2.61 bits per heavy atom. The lowest BCUT2D eigenvalue weighted by atomic mass is 10.2. The summed E-state index contributed by atoms with van der Waals surface area (Å²) in [6, 6.07) is 10.6. The zero-order valence-electron chi connectivity index (χ0n) is 12.4. The molecule has 2 aromatic rings. The van der Waals surface area contributed by atoms with Crippen LogP contribution in [0.15, 0.2) is 59.9 Å². The minimum absolute atomic E-state index is 0.465. The van der Waals surface area contributed by atoms with Gasteiger partial charge in [-0.15, -0.1) is 0 Å². The summed E-state index contributed by atoms with van der Waals surface area (Å²) in [5.74, 6) is 1.64. The number of pyridine rings is 1. The van der Waals surface area contributed by atoms with E-state index >= 15 is 0 Å². The van der Waals surface area contributed by atoms with E-state index in [1.807, 2.05) is 11.0 Å². The standard InChI is InChI=1S/C17H16ClN3O2/c18-14-5-7-15(8-6-14)23-16-9-4-13(12-19-16)17(20-22)21-10-2-1-3-11-21/h1-2,4-9,12,22H,3,10-11H2/b20-17-. The maximum Gasteiger partial charge on any atom is 0.219 e. The lowest BCUT2D eigenvalue weighted by molar-refractivity contribution is 0.303. The lowest BCUT2D eigenvalue weighted by Crippen LogP contribution is -2.34. The Labute approximate surface area is 139 Å². The summed E-state index contributed by atoms with van der Waals surface area (Å²) >= 11 is 5.84. The molecule has 0 aliphatic carbocycles. The van der Waals surface area contributed by atoms with Crippen LogP contribution in [-0.4, -0.2) is 34.0 Å². The molecule has 118 valence electrons. The highest BCUT2D eigenvalue weighted by atomic mass is 35.5. The van der Waals surface area contributed by atoms with E-state index in [2.05, 4.69) is 22.3 Å². The molecule has 0 spiro atoms. The Balaban J connectivity index is 1.73. The third kappa shape index (κ3) is 3.81. The number of benzene rings is 1. The third-order valence-corrected chi connectivity index (χ3v) is 3.73. The molecular weight excluding hydrogens is 314 g/mol. The van der Waals surface area contributed by atoms with Gasteiger partial charge in [0.25, 0.3) is 0 Å². The van der Waals surface area contributed by atoms with Crippen molar-refractivity contribution in [2.75, 3.05) is 13.1 Å². The van der Waals surface area contributed by atoms with Crippen molar-refractivity contribution < 1.29 is 9.94 Å². The number of halogens is 1. The van der Waals surface area contributed by atoms with Crippen LogP contribution in [0.5, 0.6) is 11.6 Å². The van der Waals surface area contributed by atoms with Gasteiger partial charge in [-0.05, 0) is 36.8 Å². The van der Waals surface area contributed by atoms with Crippen molar-refractivity contribution in [1.29, 1.82) is 0 Å². The van der Waals surface area contributed by atoms with Gasteiger partial charge in [-0.2, -0.15) is 0 Å². The predicted molar refractivity (Wildman–Crippen MR) is 89.4 cm³/mol. The average molecular weight is 330 g/mol. The largest absolute Gasteiger partial charge is 0.439 e. The molecule has 0 saturated carbocycles. The van der Waals surface area contributed by atoms with Gasteiger partial charge in [-0.3, -0.25) is 0 Å².